The molecule has 2 N–H and O–H groups in total. The molecular formula is C28H34N6O4. The number of carbonyl (C=O) groups excluding carboxylic acids is 2. The number of ether oxygens (including phenoxy) is 1. The molecule has 1 aliphatic heterocycles. The molecule has 2 amide bonds. The van der Waals surface area contributed by atoms with Gasteiger partial charge in [-0.05, 0) is 51.3 Å². The zero-order valence-electron chi connectivity index (χ0n) is 22.2. The smallest absolute Gasteiger partial charge is 0.407 e. The van der Waals surface area contributed by atoms with Crippen molar-refractivity contribution >= 4 is 23.6 Å². The highest BCUT2D eigenvalue weighted by atomic mass is 16.6. The van der Waals surface area contributed by atoms with Gasteiger partial charge in [0.15, 0.2) is 0 Å². The predicted octanol–water partition coefficient (Wildman–Crippen LogP) is 3.52. The third kappa shape index (κ3) is 6.56. The van der Waals surface area contributed by atoms with Gasteiger partial charge in [-0.1, -0.05) is 30.3 Å². The number of anilines is 2. The van der Waals surface area contributed by atoms with Crippen LogP contribution < -0.4 is 21.1 Å². The van der Waals surface area contributed by atoms with Crippen LogP contribution in [0.3, 0.4) is 0 Å². The largest absolute Gasteiger partial charge is 0.444 e. The summed E-state index contributed by atoms with van der Waals surface area (Å²) in [5, 5.41) is 6.18. The lowest BCUT2D eigenvalue weighted by Gasteiger charge is -2.25. The maximum atomic E-state index is 13.6. The number of alkyl carbamates (subject to hydrolysis) is 1. The van der Waals surface area contributed by atoms with Crippen LogP contribution in [0, 0.1) is 0 Å². The van der Waals surface area contributed by atoms with Crippen LogP contribution in [0.1, 0.15) is 39.2 Å². The first-order valence-electron chi connectivity index (χ1n) is 12.7. The third-order valence-electron chi connectivity index (χ3n) is 6.12. The van der Waals surface area contributed by atoms with Crippen LogP contribution in [0.15, 0.2) is 59.7 Å². The van der Waals surface area contributed by atoms with Gasteiger partial charge < -0.3 is 20.3 Å². The zero-order valence-corrected chi connectivity index (χ0v) is 22.2. The van der Waals surface area contributed by atoms with Crippen LogP contribution in [0.2, 0.25) is 0 Å². The van der Waals surface area contributed by atoms with E-state index in [4.69, 9.17) is 9.72 Å². The molecule has 3 aromatic rings. The van der Waals surface area contributed by atoms with Gasteiger partial charge in [0.2, 0.25) is 11.9 Å². The summed E-state index contributed by atoms with van der Waals surface area (Å²) in [6.45, 7) is 6.18. The van der Waals surface area contributed by atoms with Crippen molar-refractivity contribution in [2.24, 2.45) is 7.05 Å². The topological polar surface area (TPSA) is 118 Å². The van der Waals surface area contributed by atoms with Crippen molar-refractivity contribution in [3.05, 3.63) is 70.8 Å². The van der Waals surface area contributed by atoms with E-state index < -0.39 is 11.7 Å². The van der Waals surface area contributed by atoms with Crippen LogP contribution in [0.5, 0.6) is 0 Å². The van der Waals surface area contributed by atoms with Crippen molar-refractivity contribution in [2.75, 3.05) is 23.3 Å². The van der Waals surface area contributed by atoms with Crippen LogP contribution in [0.4, 0.5) is 16.4 Å². The fraction of sp³-hybridized carbons (Fsp3) is 0.393. The van der Waals surface area contributed by atoms with Gasteiger partial charge in [-0.15, -0.1) is 0 Å². The van der Waals surface area contributed by atoms with Crippen molar-refractivity contribution in [3.8, 4) is 11.3 Å². The summed E-state index contributed by atoms with van der Waals surface area (Å²) in [5.74, 6) is 0.227. The molecule has 2 aromatic heterocycles. The average Bonchev–Trinajstić information content (AvgIpc) is 3.29. The second-order valence-corrected chi connectivity index (χ2v) is 10.3. The SMILES string of the molecule is Cn1c(NCC(Cc2ccccc2)NC(=O)OC(C)(C)C)nc(-c2ccncc2)c(N2CCCC2=O)c1=O. The van der Waals surface area contributed by atoms with E-state index in [0.717, 1.165) is 5.56 Å². The van der Waals surface area contributed by atoms with E-state index >= 15 is 0 Å². The summed E-state index contributed by atoms with van der Waals surface area (Å²) >= 11 is 0. The number of pyridine rings is 1. The van der Waals surface area contributed by atoms with Gasteiger partial charge in [0.1, 0.15) is 17.0 Å². The van der Waals surface area contributed by atoms with Crippen molar-refractivity contribution in [1.29, 1.82) is 0 Å². The second-order valence-electron chi connectivity index (χ2n) is 10.3. The molecule has 0 saturated carbocycles. The van der Waals surface area contributed by atoms with Crippen molar-refractivity contribution in [2.45, 2.75) is 51.7 Å². The molecular weight excluding hydrogens is 484 g/mol. The summed E-state index contributed by atoms with van der Waals surface area (Å²) in [6.07, 6.45) is 4.35. The highest BCUT2D eigenvalue weighted by Crippen LogP contribution is 2.29. The van der Waals surface area contributed by atoms with E-state index in [1.54, 1.807) is 31.6 Å². The highest BCUT2D eigenvalue weighted by Gasteiger charge is 2.29. The number of aromatic nitrogens is 3. The number of carbonyl (C=O) groups is 2. The van der Waals surface area contributed by atoms with E-state index in [9.17, 15) is 14.4 Å². The molecule has 0 bridgehead atoms. The molecule has 4 rings (SSSR count). The van der Waals surface area contributed by atoms with Crippen molar-refractivity contribution in [1.82, 2.24) is 19.9 Å². The van der Waals surface area contributed by atoms with Gasteiger partial charge in [0, 0.05) is 44.5 Å². The lowest BCUT2D eigenvalue weighted by atomic mass is 10.1. The lowest BCUT2D eigenvalue weighted by molar-refractivity contribution is -0.117. The molecule has 1 unspecified atom stereocenters. The van der Waals surface area contributed by atoms with E-state index in [1.807, 2.05) is 51.1 Å². The van der Waals surface area contributed by atoms with Crippen LogP contribution in [-0.4, -0.2) is 51.3 Å². The average molecular weight is 519 g/mol. The Kier molecular flexibility index (Phi) is 8.09. The Balaban J connectivity index is 1.65. The van der Waals surface area contributed by atoms with Gasteiger partial charge >= 0.3 is 6.09 Å². The number of hydrogen-bond acceptors (Lipinski definition) is 7. The van der Waals surface area contributed by atoms with Crippen LogP contribution in [0.25, 0.3) is 11.3 Å². The van der Waals surface area contributed by atoms with Crippen LogP contribution in [-0.2, 0) is 23.0 Å². The summed E-state index contributed by atoms with van der Waals surface area (Å²) in [4.78, 5) is 49.1. The number of nitrogens with one attached hydrogen (secondary N) is 2. The normalized spacial score (nSPS) is 14.3. The molecule has 200 valence electrons. The van der Waals surface area contributed by atoms with Crippen molar-refractivity contribution < 1.29 is 14.3 Å². The van der Waals surface area contributed by atoms with E-state index in [2.05, 4.69) is 15.6 Å². The summed E-state index contributed by atoms with van der Waals surface area (Å²) in [6, 6.07) is 13.0. The maximum absolute atomic E-state index is 13.6. The molecule has 10 heteroatoms. The van der Waals surface area contributed by atoms with Crippen molar-refractivity contribution in [3.63, 3.8) is 0 Å². The number of amides is 2. The first-order valence-corrected chi connectivity index (χ1v) is 12.7. The Morgan fingerprint density at radius 2 is 1.82 bits per heavy atom. The van der Waals surface area contributed by atoms with Gasteiger partial charge in [0.25, 0.3) is 5.56 Å². The van der Waals surface area contributed by atoms with Gasteiger partial charge in [-0.3, -0.25) is 19.1 Å². The lowest BCUT2D eigenvalue weighted by Crippen LogP contribution is -2.44. The second kappa shape index (κ2) is 11.5. The summed E-state index contributed by atoms with van der Waals surface area (Å²) in [7, 11) is 1.62. The standard InChI is InChI=1S/C28H34N6O4/c1-28(2,3)38-27(37)31-21(17-19-9-6-5-7-10-19)18-30-26-32-23(20-12-14-29-15-13-20)24(25(36)33(26)4)34-16-8-11-22(34)35/h5-7,9-10,12-15,21H,8,11,16-18H2,1-4H3,(H,30,32)(H,31,37). The molecule has 1 aromatic carbocycles. The third-order valence-corrected chi connectivity index (χ3v) is 6.12. The summed E-state index contributed by atoms with van der Waals surface area (Å²) < 4.78 is 6.87. The van der Waals surface area contributed by atoms with Gasteiger partial charge in [0.05, 0.1) is 6.04 Å². The Bertz CT molecular complexity index is 1340. The molecule has 10 nitrogen and oxygen atoms in total. The Morgan fingerprint density at radius 1 is 1.11 bits per heavy atom. The molecule has 3 heterocycles. The Morgan fingerprint density at radius 3 is 2.45 bits per heavy atom. The number of rotatable bonds is 8. The minimum atomic E-state index is -0.636. The first kappa shape index (κ1) is 26.8. The minimum Gasteiger partial charge on any atom is -0.444 e. The molecule has 0 aliphatic carbocycles. The zero-order chi connectivity index (χ0) is 27.3. The Hall–Kier alpha value is -4.21. The first-order chi connectivity index (χ1) is 18.1. The molecule has 0 spiro atoms. The van der Waals surface area contributed by atoms with Crippen LogP contribution >= 0.6 is 0 Å². The molecule has 0 radical (unpaired) electrons. The number of benzene rings is 1. The molecule has 1 atom stereocenters. The summed E-state index contributed by atoms with van der Waals surface area (Å²) in [5.41, 5.74) is 1.43. The Labute approximate surface area is 222 Å². The van der Waals surface area contributed by atoms with Gasteiger partial charge in [-0.2, -0.15) is 0 Å². The highest BCUT2D eigenvalue weighted by molar-refractivity contribution is 5.98. The molecule has 1 saturated heterocycles. The van der Waals surface area contributed by atoms with E-state index in [0.29, 0.717) is 43.0 Å². The molecule has 1 aliphatic rings. The van der Waals surface area contributed by atoms with Gasteiger partial charge in [-0.25, -0.2) is 9.78 Å². The minimum absolute atomic E-state index is 0.0931. The fourth-order valence-electron chi connectivity index (χ4n) is 4.35. The number of hydrogen-bond donors (Lipinski definition) is 2. The number of nitrogens with zero attached hydrogens (tertiary/aromatic N) is 4. The quantitative estimate of drug-likeness (QED) is 0.468. The molecule has 1 fully saturated rings. The fourth-order valence-corrected chi connectivity index (χ4v) is 4.35. The molecule has 38 heavy (non-hydrogen) atoms. The predicted molar refractivity (Wildman–Crippen MR) is 146 cm³/mol. The maximum Gasteiger partial charge on any atom is 0.407 e. The van der Waals surface area contributed by atoms with E-state index in [-0.39, 0.29) is 29.7 Å². The van der Waals surface area contributed by atoms with E-state index in [1.165, 1.54) is 9.47 Å². The monoisotopic (exact) mass is 518 g/mol.